The Kier molecular flexibility index (Phi) is 3.57. The van der Waals surface area contributed by atoms with Crippen LogP contribution in [0.5, 0.6) is 0 Å². The lowest BCUT2D eigenvalue weighted by Gasteiger charge is -2.18. The minimum Gasteiger partial charge on any atom is -0.468 e. The number of rotatable bonds is 3. The second-order valence-corrected chi connectivity index (χ2v) is 5.77. The molecule has 1 aromatic carbocycles. The smallest absolute Gasteiger partial charge is 0.316 e. The summed E-state index contributed by atoms with van der Waals surface area (Å²) >= 11 is 0. The topological polar surface area (TPSA) is 46.6 Å². The zero-order valence-corrected chi connectivity index (χ0v) is 11.6. The highest BCUT2D eigenvalue weighted by molar-refractivity contribution is 6.01. The lowest BCUT2D eigenvalue weighted by atomic mass is 9.92. The first kappa shape index (κ1) is 13.3. The number of methoxy groups -OCH3 is 1. The Hall–Kier alpha value is -1.68. The van der Waals surface area contributed by atoms with Gasteiger partial charge < -0.3 is 4.74 Å². The molecule has 0 radical (unpaired) electrons. The summed E-state index contributed by atoms with van der Waals surface area (Å²) in [6, 6.07) is 10.3. The lowest BCUT2D eigenvalue weighted by Crippen LogP contribution is -2.30. The maximum absolute atomic E-state index is 11.9. The Balaban J connectivity index is 1.68. The predicted molar refractivity (Wildman–Crippen MR) is 73.8 cm³/mol. The molecular formula is C16H19NO3. The first-order chi connectivity index (χ1) is 9.69. The largest absolute Gasteiger partial charge is 0.468 e. The molecule has 0 spiro atoms. The van der Waals surface area contributed by atoms with Crippen LogP contribution in [-0.2, 0) is 20.9 Å². The molecule has 1 saturated heterocycles. The van der Waals surface area contributed by atoms with Crippen molar-refractivity contribution in [1.82, 2.24) is 4.90 Å². The van der Waals surface area contributed by atoms with Crippen molar-refractivity contribution in [2.24, 2.45) is 17.8 Å². The van der Waals surface area contributed by atoms with Crippen LogP contribution in [0.3, 0.4) is 0 Å². The van der Waals surface area contributed by atoms with Gasteiger partial charge in [0.05, 0.1) is 7.11 Å². The van der Waals surface area contributed by atoms with Crippen molar-refractivity contribution < 1.29 is 14.3 Å². The van der Waals surface area contributed by atoms with Gasteiger partial charge in [0.1, 0.15) is 11.7 Å². The van der Waals surface area contributed by atoms with Crippen LogP contribution in [0.15, 0.2) is 30.3 Å². The van der Waals surface area contributed by atoms with Crippen molar-refractivity contribution in [2.75, 3.05) is 20.2 Å². The molecule has 20 heavy (non-hydrogen) atoms. The van der Waals surface area contributed by atoms with Gasteiger partial charge in [-0.3, -0.25) is 14.5 Å². The first-order valence-electron chi connectivity index (χ1n) is 7.06. The number of ether oxygens (including phenoxy) is 1. The molecule has 106 valence electrons. The van der Waals surface area contributed by atoms with Crippen LogP contribution in [0.2, 0.25) is 0 Å². The highest BCUT2D eigenvalue weighted by Crippen LogP contribution is 2.41. The van der Waals surface area contributed by atoms with E-state index in [1.165, 1.54) is 12.7 Å². The molecule has 4 heteroatoms. The summed E-state index contributed by atoms with van der Waals surface area (Å²) in [4.78, 5) is 26.0. The van der Waals surface area contributed by atoms with Gasteiger partial charge >= 0.3 is 5.97 Å². The molecule has 0 amide bonds. The minimum absolute atomic E-state index is 0.0613. The fraction of sp³-hybridized carbons (Fsp3) is 0.500. The van der Waals surface area contributed by atoms with Crippen molar-refractivity contribution in [2.45, 2.75) is 13.0 Å². The van der Waals surface area contributed by atoms with Gasteiger partial charge in [0.15, 0.2) is 0 Å². The van der Waals surface area contributed by atoms with Gasteiger partial charge in [-0.2, -0.15) is 0 Å². The lowest BCUT2D eigenvalue weighted by molar-refractivity contribution is -0.149. The number of nitrogens with zero attached hydrogens (tertiary/aromatic N) is 1. The fourth-order valence-electron chi connectivity index (χ4n) is 3.61. The average molecular weight is 273 g/mol. The second-order valence-electron chi connectivity index (χ2n) is 5.77. The quantitative estimate of drug-likeness (QED) is 0.618. The van der Waals surface area contributed by atoms with E-state index >= 15 is 0 Å². The van der Waals surface area contributed by atoms with Crippen molar-refractivity contribution in [3.63, 3.8) is 0 Å². The number of likely N-dealkylation sites (tertiary alicyclic amines) is 1. The molecular weight excluding hydrogens is 254 g/mol. The summed E-state index contributed by atoms with van der Waals surface area (Å²) in [5, 5.41) is 0. The van der Waals surface area contributed by atoms with Crippen molar-refractivity contribution in [3.8, 4) is 0 Å². The number of esters is 1. The molecule has 3 unspecified atom stereocenters. The summed E-state index contributed by atoms with van der Waals surface area (Å²) < 4.78 is 4.79. The van der Waals surface area contributed by atoms with E-state index in [-0.39, 0.29) is 17.7 Å². The molecule has 2 aliphatic rings. The van der Waals surface area contributed by atoms with E-state index in [1.54, 1.807) is 0 Å². The van der Waals surface area contributed by atoms with Gasteiger partial charge in [-0.05, 0) is 17.4 Å². The molecule has 0 bridgehead atoms. The number of fused-ring (bicyclic) bond motifs is 1. The van der Waals surface area contributed by atoms with Crippen molar-refractivity contribution in [1.29, 1.82) is 0 Å². The summed E-state index contributed by atoms with van der Waals surface area (Å²) in [6.45, 7) is 2.60. The van der Waals surface area contributed by atoms with E-state index in [1.807, 2.05) is 18.2 Å². The first-order valence-corrected chi connectivity index (χ1v) is 7.06. The maximum Gasteiger partial charge on any atom is 0.316 e. The van der Waals surface area contributed by atoms with E-state index in [0.29, 0.717) is 12.3 Å². The number of carbonyl (C=O) groups excluding carboxylic acids is 2. The highest BCUT2D eigenvalue weighted by atomic mass is 16.5. The molecule has 3 rings (SSSR count). The third-order valence-corrected chi connectivity index (χ3v) is 4.51. The SMILES string of the molecule is COC(=O)C1C(=O)CC2CN(Cc3ccccc3)CC21. The number of Topliss-reactive ketones (excluding diaryl/α,β-unsaturated/α-hetero) is 1. The van der Waals surface area contributed by atoms with Crippen molar-refractivity contribution in [3.05, 3.63) is 35.9 Å². The monoisotopic (exact) mass is 273 g/mol. The van der Waals surface area contributed by atoms with Crippen LogP contribution in [0.4, 0.5) is 0 Å². The third kappa shape index (κ3) is 2.36. The summed E-state index contributed by atoms with van der Waals surface area (Å²) in [7, 11) is 1.36. The van der Waals surface area contributed by atoms with Gasteiger partial charge in [-0.25, -0.2) is 0 Å². The molecule has 1 aliphatic carbocycles. The summed E-state index contributed by atoms with van der Waals surface area (Å²) in [6.07, 6.45) is 0.524. The van der Waals surface area contributed by atoms with E-state index in [2.05, 4.69) is 17.0 Å². The van der Waals surface area contributed by atoms with Crippen LogP contribution in [-0.4, -0.2) is 36.9 Å². The predicted octanol–water partition coefficient (Wildman–Crippen LogP) is 1.50. The molecule has 1 aliphatic heterocycles. The average Bonchev–Trinajstić information content (AvgIpc) is 2.95. The molecule has 2 fully saturated rings. The molecule has 1 aromatic rings. The van der Waals surface area contributed by atoms with E-state index in [9.17, 15) is 9.59 Å². The van der Waals surface area contributed by atoms with Crippen LogP contribution in [0.25, 0.3) is 0 Å². The molecule has 1 heterocycles. The Morgan fingerprint density at radius 1 is 1.30 bits per heavy atom. The number of hydrogen-bond donors (Lipinski definition) is 0. The highest BCUT2D eigenvalue weighted by Gasteiger charge is 2.51. The minimum atomic E-state index is -0.536. The molecule has 1 saturated carbocycles. The fourth-order valence-corrected chi connectivity index (χ4v) is 3.61. The van der Waals surface area contributed by atoms with Gasteiger partial charge in [-0.1, -0.05) is 30.3 Å². The normalized spacial score (nSPS) is 29.4. The summed E-state index contributed by atoms with van der Waals surface area (Å²) in [5.74, 6) is -0.380. The Labute approximate surface area is 118 Å². The Bertz CT molecular complexity index is 506. The van der Waals surface area contributed by atoms with Crippen LogP contribution in [0.1, 0.15) is 12.0 Å². The Morgan fingerprint density at radius 3 is 2.75 bits per heavy atom. The van der Waals surface area contributed by atoms with Gasteiger partial charge in [0.2, 0.25) is 0 Å². The second kappa shape index (κ2) is 5.37. The molecule has 3 atom stereocenters. The molecule has 0 N–H and O–H groups in total. The van der Waals surface area contributed by atoms with E-state index in [0.717, 1.165) is 19.6 Å². The van der Waals surface area contributed by atoms with E-state index < -0.39 is 5.92 Å². The third-order valence-electron chi connectivity index (χ3n) is 4.51. The maximum atomic E-state index is 11.9. The van der Waals surface area contributed by atoms with Crippen LogP contribution < -0.4 is 0 Å². The zero-order valence-electron chi connectivity index (χ0n) is 11.6. The number of carbonyl (C=O) groups is 2. The molecule has 0 aromatic heterocycles. The van der Waals surface area contributed by atoms with Gasteiger partial charge in [0, 0.05) is 26.1 Å². The van der Waals surface area contributed by atoms with Crippen LogP contribution >= 0.6 is 0 Å². The number of ketones is 1. The molecule has 4 nitrogen and oxygen atoms in total. The summed E-state index contributed by atoms with van der Waals surface area (Å²) in [5.41, 5.74) is 1.27. The zero-order chi connectivity index (χ0) is 14.1. The van der Waals surface area contributed by atoms with Crippen molar-refractivity contribution >= 4 is 11.8 Å². The van der Waals surface area contributed by atoms with E-state index in [4.69, 9.17) is 4.74 Å². The number of benzene rings is 1. The van der Waals surface area contributed by atoms with Crippen LogP contribution in [0, 0.1) is 17.8 Å². The number of hydrogen-bond acceptors (Lipinski definition) is 4. The Morgan fingerprint density at radius 2 is 2.05 bits per heavy atom. The van der Waals surface area contributed by atoms with Gasteiger partial charge in [0.25, 0.3) is 0 Å². The van der Waals surface area contributed by atoms with Gasteiger partial charge in [-0.15, -0.1) is 0 Å². The standard InChI is InChI=1S/C16H19NO3/c1-20-16(19)15-13-10-17(9-12(13)7-14(15)18)8-11-5-3-2-4-6-11/h2-6,12-13,15H,7-10H2,1H3.